The molecule has 1 fully saturated rings. The van der Waals surface area contributed by atoms with E-state index >= 15 is 0 Å². The lowest BCUT2D eigenvalue weighted by Gasteiger charge is -2.33. The first-order valence-corrected chi connectivity index (χ1v) is 9.50. The SMILES string of the molecule is C[C@@H](OS(C)(=O)=O)C1CCN(C(=O)OCc2ccccc2)CC1. The molecule has 2 rings (SSSR count). The molecule has 0 saturated carbocycles. The highest BCUT2D eigenvalue weighted by atomic mass is 32.2. The molecule has 6 nitrogen and oxygen atoms in total. The van der Waals surface area contributed by atoms with E-state index in [-0.39, 0.29) is 24.7 Å². The van der Waals surface area contributed by atoms with Crippen LogP contribution in [0.3, 0.4) is 0 Å². The number of hydrogen-bond acceptors (Lipinski definition) is 5. The lowest BCUT2D eigenvalue weighted by molar-refractivity contribution is 0.0623. The Labute approximate surface area is 137 Å². The Hall–Kier alpha value is -1.60. The van der Waals surface area contributed by atoms with Crippen LogP contribution >= 0.6 is 0 Å². The van der Waals surface area contributed by atoms with Crippen molar-refractivity contribution in [2.75, 3.05) is 19.3 Å². The van der Waals surface area contributed by atoms with Crippen LogP contribution in [0.4, 0.5) is 4.79 Å². The van der Waals surface area contributed by atoms with Gasteiger partial charge < -0.3 is 9.64 Å². The molecule has 1 aromatic rings. The van der Waals surface area contributed by atoms with Crippen molar-refractivity contribution in [3.05, 3.63) is 35.9 Å². The zero-order chi connectivity index (χ0) is 16.9. The van der Waals surface area contributed by atoms with Crippen LogP contribution in [0.2, 0.25) is 0 Å². The molecule has 0 aromatic heterocycles. The smallest absolute Gasteiger partial charge is 0.410 e. The molecule has 1 atom stereocenters. The molecule has 0 N–H and O–H groups in total. The van der Waals surface area contributed by atoms with Crippen LogP contribution in [0.15, 0.2) is 30.3 Å². The summed E-state index contributed by atoms with van der Waals surface area (Å²) >= 11 is 0. The van der Waals surface area contributed by atoms with E-state index in [1.54, 1.807) is 11.8 Å². The van der Waals surface area contributed by atoms with Crippen LogP contribution < -0.4 is 0 Å². The molecule has 7 heteroatoms. The maximum Gasteiger partial charge on any atom is 0.410 e. The van der Waals surface area contributed by atoms with E-state index in [1.807, 2.05) is 30.3 Å². The van der Waals surface area contributed by atoms with Crippen LogP contribution in [0.1, 0.15) is 25.3 Å². The summed E-state index contributed by atoms with van der Waals surface area (Å²) in [5, 5.41) is 0. The Kier molecular flexibility index (Phi) is 6.01. The van der Waals surface area contributed by atoms with Crippen molar-refractivity contribution in [1.29, 1.82) is 0 Å². The summed E-state index contributed by atoms with van der Waals surface area (Å²) in [5.41, 5.74) is 0.950. The van der Waals surface area contributed by atoms with Gasteiger partial charge in [-0.2, -0.15) is 8.42 Å². The minimum Gasteiger partial charge on any atom is -0.445 e. The summed E-state index contributed by atoms with van der Waals surface area (Å²) in [6.07, 6.45) is 1.77. The van der Waals surface area contributed by atoms with Crippen LogP contribution in [-0.2, 0) is 25.6 Å². The fraction of sp³-hybridized carbons (Fsp3) is 0.562. The maximum atomic E-state index is 12.1. The number of carbonyl (C=O) groups excluding carboxylic acids is 1. The van der Waals surface area contributed by atoms with Crippen LogP contribution in [0.25, 0.3) is 0 Å². The molecular weight excluding hydrogens is 318 g/mol. The standard InChI is InChI=1S/C16H23NO5S/c1-13(22-23(2,19)20)15-8-10-17(11-9-15)16(18)21-12-14-6-4-3-5-7-14/h3-7,13,15H,8-12H2,1-2H3/t13-/m1/s1. The Morgan fingerprint density at radius 1 is 1.26 bits per heavy atom. The predicted molar refractivity (Wildman–Crippen MR) is 86.3 cm³/mol. The molecular formula is C16H23NO5S. The highest BCUT2D eigenvalue weighted by molar-refractivity contribution is 7.86. The number of benzene rings is 1. The molecule has 1 aromatic carbocycles. The van der Waals surface area contributed by atoms with E-state index in [0.29, 0.717) is 25.9 Å². The second-order valence-electron chi connectivity index (χ2n) is 5.87. The van der Waals surface area contributed by atoms with Crippen molar-refractivity contribution in [3.8, 4) is 0 Å². The first kappa shape index (κ1) is 17.7. The quantitative estimate of drug-likeness (QED) is 0.769. The summed E-state index contributed by atoms with van der Waals surface area (Å²) in [5.74, 6) is 0.128. The van der Waals surface area contributed by atoms with E-state index in [1.165, 1.54) is 0 Å². The Balaban J connectivity index is 1.76. The minimum atomic E-state index is -3.45. The fourth-order valence-electron chi connectivity index (χ4n) is 2.72. The lowest BCUT2D eigenvalue weighted by Crippen LogP contribution is -2.41. The number of carbonyl (C=O) groups is 1. The van der Waals surface area contributed by atoms with Crippen molar-refractivity contribution in [3.63, 3.8) is 0 Å². The van der Waals surface area contributed by atoms with Gasteiger partial charge in [-0.15, -0.1) is 0 Å². The molecule has 23 heavy (non-hydrogen) atoms. The monoisotopic (exact) mass is 341 g/mol. The van der Waals surface area contributed by atoms with Crippen molar-refractivity contribution in [2.24, 2.45) is 5.92 Å². The maximum absolute atomic E-state index is 12.1. The van der Waals surface area contributed by atoms with Gasteiger partial charge in [0.25, 0.3) is 10.1 Å². The summed E-state index contributed by atoms with van der Waals surface area (Å²) in [4.78, 5) is 13.7. The van der Waals surface area contributed by atoms with Gasteiger partial charge >= 0.3 is 6.09 Å². The number of ether oxygens (including phenoxy) is 1. The van der Waals surface area contributed by atoms with Gasteiger partial charge in [0.1, 0.15) is 6.61 Å². The third-order valence-electron chi connectivity index (χ3n) is 3.99. The molecule has 0 unspecified atom stereocenters. The predicted octanol–water partition coefficient (Wildman–Crippen LogP) is 2.40. The van der Waals surface area contributed by atoms with Crippen molar-refractivity contribution < 1.29 is 22.1 Å². The highest BCUT2D eigenvalue weighted by Crippen LogP contribution is 2.24. The second-order valence-corrected chi connectivity index (χ2v) is 7.47. The summed E-state index contributed by atoms with van der Waals surface area (Å²) in [6, 6.07) is 9.53. The summed E-state index contributed by atoms with van der Waals surface area (Å²) < 4.78 is 32.7. The third kappa shape index (κ3) is 5.84. The van der Waals surface area contributed by atoms with Crippen LogP contribution in [0, 0.1) is 5.92 Å². The second kappa shape index (κ2) is 7.79. The van der Waals surface area contributed by atoms with Gasteiger partial charge in [-0.25, -0.2) is 4.79 Å². The number of amides is 1. The molecule has 1 amide bonds. The highest BCUT2D eigenvalue weighted by Gasteiger charge is 2.29. The van der Waals surface area contributed by atoms with Crippen LogP contribution in [0.5, 0.6) is 0 Å². The first-order chi connectivity index (χ1) is 10.8. The molecule has 128 valence electrons. The molecule has 1 saturated heterocycles. The lowest BCUT2D eigenvalue weighted by atomic mass is 9.92. The number of nitrogens with zero attached hydrogens (tertiary/aromatic N) is 1. The average molecular weight is 341 g/mol. The average Bonchev–Trinajstić information content (AvgIpc) is 2.52. The van der Waals surface area contributed by atoms with Gasteiger partial charge in [0.05, 0.1) is 12.4 Å². The Bertz CT molecular complexity index is 609. The van der Waals surface area contributed by atoms with Crippen molar-refractivity contribution in [1.82, 2.24) is 4.90 Å². The number of rotatable bonds is 5. The van der Waals surface area contributed by atoms with E-state index in [9.17, 15) is 13.2 Å². The summed E-state index contributed by atoms with van der Waals surface area (Å²) in [6.45, 7) is 3.12. The molecule has 0 spiro atoms. The minimum absolute atomic E-state index is 0.128. The first-order valence-electron chi connectivity index (χ1n) is 7.69. The molecule has 1 aliphatic heterocycles. The van der Waals surface area contributed by atoms with Gasteiger partial charge in [0.15, 0.2) is 0 Å². The van der Waals surface area contributed by atoms with E-state index in [4.69, 9.17) is 8.92 Å². The van der Waals surface area contributed by atoms with Crippen molar-refractivity contribution >= 4 is 16.2 Å². The van der Waals surface area contributed by atoms with Gasteiger partial charge in [-0.1, -0.05) is 30.3 Å². The number of likely N-dealkylation sites (tertiary alicyclic amines) is 1. The third-order valence-corrected chi connectivity index (χ3v) is 4.65. The topological polar surface area (TPSA) is 72.9 Å². The van der Waals surface area contributed by atoms with Gasteiger partial charge in [0.2, 0.25) is 0 Å². The molecule has 0 radical (unpaired) electrons. The summed E-state index contributed by atoms with van der Waals surface area (Å²) in [7, 11) is -3.45. The van der Waals surface area contributed by atoms with E-state index in [2.05, 4.69) is 0 Å². The van der Waals surface area contributed by atoms with E-state index < -0.39 is 10.1 Å². The zero-order valence-corrected chi connectivity index (χ0v) is 14.3. The molecule has 1 aliphatic rings. The van der Waals surface area contributed by atoms with Gasteiger partial charge in [-0.05, 0) is 31.2 Å². The Morgan fingerprint density at radius 3 is 2.43 bits per heavy atom. The molecule has 0 aliphatic carbocycles. The van der Waals surface area contributed by atoms with Crippen LogP contribution in [-0.4, -0.2) is 44.9 Å². The van der Waals surface area contributed by atoms with Crippen molar-refractivity contribution in [2.45, 2.75) is 32.5 Å². The largest absolute Gasteiger partial charge is 0.445 e. The van der Waals surface area contributed by atoms with Gasteiger partial charge in [0, 0.05) is 13.1 Å². The molecule has 1 heterocycles. The van der Waals surface area contributed by atoms with E-state index in [0.717, 1.165) is 11.8 Å². The molecule has 0 bridgehead atoms. The number of hydrogen-bond donors (Lipinski definition) is 0. The number of piperidine rings is 1. The Morgan fingerprint density at radius 2 is 1.87 bits per heavy atom. The fourth-order valence-corrected chi connectivity index (χ4v) is 3.42. The normalized spacial score (nSPS) is 17.7. The zero-order valence-electron chi connectivity index (χ0n) is 13.5. The van der Waals surface area contributed by atoms with Gasteiger partial charge in [-0.3, -0.25) is 4.18 Å².